The molecule has 0 spiro atoms. The first-order chi connectivity index (χ1) is 6.16. The highest BCUT2D eigenvalue weighted by Crippen LogP contribution is 2.36. The van der Waals surface area contributed by atoms with Gasteiger partial charge in [0.25, 0.3) is 0 Å². The van der Waals surface area contributed by atoms with Crippen LogP contribution in [0.3, 0.4) is 0 Å². The van der Waals surface area contributed by atoms with E-state index in [1.165, 1.54) is 12.8 Å². The molecule has 0 bridgehead atoms. The summed E-state index contributed by atoms with van der Waals surface area (Å²) in [4.78, 5) is 0. The summed E-state index contributed by atoms with van der Waals surface area (Å²) in [7, 11) is 0. The van der Waals surface area contributed by atoms with Crippen molar-refractivity contribution in [3.8, 4) is 0 Å². The number of ether oxygens (including phenoxy) is 1. The maximum absolute atomic E-state index is 6.15. The second-order valence-electron chi connectivity index (χ2n) is 6.09. The number of hydrogen-bond donors (Lipinski definition) is 1. The summed E-state index contributed by atoms with van der Waals surface area (Å²) in [5, 5.41) is 3.57. The minimum atomic E-state index is -0.109. The Balaban J connectivity index is 2.73. The zero-order chi connectivity index (χ0) is 11.0. The summed E-state index contributed by atoms with van der Waals surface area (Å²) in [6, 6.07) is 0. The Bertz CT molecular complexity index is 197. The Hall–Kier alpha value is -0.0800. The normalized spacial score (nSPS) is 29.6. The molecule has 1 N–H and O–H groups in total. The first kappa shape index (κ1) is 12.0. The third kappa shape index (κ3) is 2.48. The standard InChI is InChI=1S/C12H25NO/c1-10(2,3)14-11(4,5)12(6)8-7-9-13-12/h13H,7-9H2,1-6H3/t12-/m1/s1. The van der Waals surface area contributed by atoms with Gasteiger partial charge in [-0.15, -0.1) is 0 Å². The molecule has 0 unspecified atom stereocenters. The lowest BCUT2D eigenvalue weighted by atomic mass is 9.82. The van der Waals surface area contributed by atoms with Gasteiger partial charge in [0.15, 0.2) is 0 Å². The molecule has 1 rings (SSSR count). The fourth-order valence-corrected chi connectivity index (χ4v) is 2.29. The highest BCUT2D eigenvalue weighted by atomic mass is 16.5. The summed E-state index contributed by atoms with van der Waals surface area (Å²) in [5.74, 6) is 0. The van der Waals surface area contributed by atoms with E-state index in [4.69, 9.17) is 4.74 Å². The average molecular weight is 199 g/mol. The van der Waals surface area contributed by atoms with Crippen molar-refractivity contribution >= 4 is 0 Å². The lowest BCUT2D eigenvalue weighted by Gasteiger charge is -2.45. The van der Waals surface area contributed by atoms with Crippen LogP contribution in [0.1, 0.15) is 54.4 Å². The van der Waals surface area contributed by atoms with Crippen LogP contribution in [0.15, 0.2) is 0 Å². The van der Waals surface area contributed by atoms with Gasteiger partial charge < -0.3 is 10.1 Å². The molecule has 84 valence electrons. The second kappa shape index (κ2) is 3.49. The fraction of sp³-hybridized carbons (Fsp3) is 1.00. The van der Waals surface area contributed by atoms with Crippen molar-refractivity contribution in [2.24, 2.45) is 0 Å². The van der Waals surface area contributed by atoms with Gasteiger partial charge >= 0.3 is 0 Å². The summed E-state index contributed by atoms with van der Waals surface area (Å²) in [6.45, 7) is 14.1. The van der Waals surface area contributed by atoms with E-state index in [1.54, 1.807) is 0 Å². The Labute approximate surface area is 88.4 Å². The Morgan fingerprint density at radius 2 is 1.71 bits per heavy atom. The number of hydrogen-bond acceptors (Lipinski definition) is 2. The van der Waals surface area contributed by atoms with Gasteiger partial charge in [-0.05, 0) is 60.9 Å². The van der Waals surface area contributed by atoms with Crippen LogP contribution in [0, 0.1) is 0 Å². The monoisotopic (exact) mass is 199 g/mol. The molecule has 1 fully saturated rings. The molecule has 1 saturated heterocycles. The van der Waals surface area contributed by atoms with Crippen LogP contribution in [0.5, 0.6) is 0 Å². The molecule has 1 heterocycles. The minimum absolute atomic E-state index is 0.0726. The maximum Gasteiger partial charge on any atom is 0.0811 e. The van der Waals surface area contributed by atoms with E-state index in [1.807, 2.05) is 0 Å². The molecule has 2 heteroatoms. The lowest BCUT2D eigenvalue weighted by molar-refractivity contribution is -0.149. The van der Waals surface area contributed by atoms with E-state index < -0.39 is 0 Å². The zero-order valence-corrected chi connectivity index (χ0v) is 10.5. The van der Waals surface area contributed by atoms with Crippen LogP contribution >= 0.6 is 0 Å². The van der Waals surface area contributed by atoms with Gasteiger partial charge in [0.05, 0.1) is 11.2 Å². The van der Waals surface area contributed by atoms with Crippen molar-refractivity contribution in [3.63, 3.8) is 0 Å². The number of nitrogens with one attached hydrogen (secondary N) is 1. The molecule has 0 aliphatic carbocycles. The van der Waals surface area contributed by atoms with Crippen molar-refractivity contribution in [1.82, 2.24) is 5.32 Å². The summed E-state index contributed by atoms with van der Waals surface area (Å²) in [5.41, 5.74) is -0.0567. The molecule has 0 amide bonds. The number of rotatable bonds is 2. The largest absolute Gasteiger partial charge is 0.368 e. The third-order valence-corrected chi connectivity index (χ3v) is 3.26. The predicted octanol–water partition coefficient (Wildman–Crippen LogP) is 2.72. The molecule has 0 saturated carbocycles. The van der Waals surface area contributed by atoms with Gasteiger partial charge in [0, 0.05) is 5.54 Å². The lowest BCUT2D eigenvalue weighted by Crippen LogP contribution is -2.58. The zero-order valence-electron chi connectivity index (χ0n) is 10.5. The van der Waals surface area contributed by atoms with E-state index in [0.29, 0.717) is 0 Å². The van der Waals surface area contributed by atoms with Crippen molar-refractivity contribution in [1.29, 1.82) is 0 Å². The fourth-order valence-electron chi connectivity index (χ4n) is 2.29. The summed E-state index contributed by atoms with van der Waals surface area (Å²) < 4.78 is 6.15. The van der Waals surface area contributed by atoms with Gasteiger partial charge in [-0.25, -0.2) is 0 Å². The molecule has 0 aromatic heterocycles. The Morgan fingerprint density at radius 3 is 2.07 bits per heavy atom. The molecule has 0 aromatic rings. The quantitative estimate of drug-likeness (QED) is 0.738. The topological polar surface area (TPSA) is 21.3 Å². The van der Waals surface area contributed by atoms with Crippen LogP contribution in [0.25, 0.3) is 0 Å². The van der Waals surface area contributed by atoms with Gasteiger partial charge in [-0.1, -0.05) is 0 Å². The van der Waals surface area contributed by atoms with Crippen LogP contribution in [0.2, 0.25) is 0 Å². The van der Waals surface area contributed by atoms with E-state index in [0.717, 1.165) is 6.54 Å². The first-order valence-electron chi connectivity index (χ1n) is 5.62. The molecule has 2 nitrogen and oxygen atoms in total. The van der Waals surface area contributed by atoms with Gasteiger partial charge in [0.1, 0.15) is 0 Å². The van der Waals surface area contributed by atoms with Crippen LogP contribution in [-0.2, 0) is 4.74 Å². The second-order valence-corrected chi connectivity index (χ2v) is 6.09. The van der Waals surface area contributed by atoms with E-state index in [2.05, 4.69) is 46.9 Å². The van der Waals surface area contributed by atoms with Gasteiger partial charge in [-0.2, -0.15) is 0 Å². The van der Waals surface area contributed by atoms with Gasteiger partial charge in [-0.3, -0.25) is 0 Å². The molecule has 1 aliphatic rings. The average Bonchev–Trinajstić information content (AvgIpc) is 2.31. The molecule has 14 heavy (non-hydrogen) atoms. The van der Waals surface area contributed by atoms with Crippen molar-refractivity contribution < 1.29 is 4.74 Å². The van der Waals surface area contributed by atoms with Crippen molar-refractivity contribution in [2.75, 3.05) is 6.54 Å². The minimum Gasteiger partial charge on any atom is -0.368 e. The smallest absolute Gasteiger partial charge is 0.0811 e. The van der Waals surface area contributed by atoms with Crippen LogP contribution in [-0.4, -0.2) is 23.3 Å². The van der Waals surface area contributed by atoms with Crippen LogP contribution in [0.4, 0.5) is 0 Å². The maximum atomic E-state index is 6.15. The summed E-state index contributed by atoms with van der Waals surface area (Å²) >= 11 is 0. The van der Waals surface area contributed by atoms with E-state index >= 15 is 0 Å². The molecule has 0 aromatic carbocycles. The molecule has 1 atom stereocenters. The SMILES string of the molecule is CC(C)(C)OC(C)(C)[C@@]1(C)CCCN1. The Morgan fingerprint density at radius 1 is 1.14 bits per heavy atom. The highest BCUT2D eigenvalue weighted by molar-refractivity contribution is 5.02. The van der Waals surface area contributed by atoms with E-state index in [-0.39, 0.29) is 16.7 Å². The molecular formula is C12H25NO. The van der Waals surface area contributed by atoms with Crippen molar-refractivity contribution in [3.05, 3.63) is 0 Å². The van der Waals surface area contributed by atoms with E-state index in [9.17, 15) is 0 Å². The van der Waals surface area contributed by atoms with Gasteiger partial charge in [0.2, 0.25) is 0 Å². The molecule has 0 radical (unpaired) electrons. The summed E-state index contributed by atoms with van der Waals surface area (Å²) in [6.07, 6.45) is 2.46. The Kier molecular flexibility index (Phi) is 2.99. The van der Waals surface area contributed by atoms with Crippen LogP contribution < -0.4 is 5.32 Å². The molecule has 1 aliphatic heterocycles. The molecular weight excluding hydrogens is 174 g/mol. The highest BCUT2D eigenvalue weighted by Gasteiger charge is 2.45. The predicted molar refractivity (Wildman–Crippen MR) is 60.6 cm³/mol. The van der Waals surface area contributed by atoms with Crippen molar-refractivity contribution in [2.45, 2.75) is 71.1 Å². The third-order valence-electron chi connectivity index (χ3n) is 3.26. The first-order valence-corrected chi connectivity index (χ1v) is 5.62.